The molecular weight excluding hydrogens is 282 g/mol. The largest absolute Gasteiger partial charge is 0.342 e. The molecule has 2 heterocycles. The molecule has 1 aliphatic heterocycles. The molecule has 1 atom stereocenters. The highest BCUT2D eigenvalue weighted by molar-refractivity contribution is 8.00. The van der Waals surface area contributed by atoms with Crippen molar-refractivity contribution in [2.45, 2.75) is 37.0 Å². The van der Waals surface area contributed by atoms with Gasteiger partial charge in [-0.25, -0.2) is 9.97 Å². The molecule has 1 aromatic carbocycles. The van der Waals surface area contributed by atoms with E-state index in [1.807, 2.05) is 43.0 Å². The Morgan fingerprint density at radius 1 is 1.24 bits per heavy atom. The maximum Gasteiger partial charge on any atom is 0.235 e. The van der Waals surface area contributed by atoms with Gasteiger partial charge < -0.3 is 4.90 Å². The van der Waals surface area contributed by atoms with Crippen LogP contribution in [0.5, 0.6) is 0 Å². The Bertz CT molecular complexity index is 668. The van der Waals surface area contributed by atoms with Crippen LogP contribution in [0.15, 0.2) is 29.3 Å². The molecule has 0 bridgehead atoms. The molecule has 110 valence electrons. The third kappa shape index (κ3) is 3.02. The van der Waals surface area contributed by atoms with E-state index in [1.54, 1.807) is 0 Å². The average Bonchev–Trinajstić information content (AvgIpc) is 3.00. The highest BCUT2D eigenvalue weighted by Crippen LogP contribution is 2.29. The molecule has 1 aliphatic rings. The van der Waals surface area contributed by atoms with Crippen molar-refractivity contribution in [3.63, 3.8) is 0 Å². The van der Waals surface area contributed by atoms with E-state index in [-0.39, 0.29) is 11.2 Å². The molecule has 0 aliphatic carbocycles. The molecule has 2 aromatic rings. The molecule has 1 saturated heterocycles. The van der Waals surface area contributed by atoms with E-state index in [2.05, 4.69) is 9.97 Å². The molecule has 0 spiro atoms. The molecular formula is C16H19N3OS. The Morgan fingerprint density at radius 3 is 2.71 bits per heavy atom. The topological polar surface area (TPSA) is 46.1 Å². The minimum absolute atomic E-state index is 0.110. The fraction of sp³-hybridized carbons (Fsp3) is 0.438. The summed E-state index contributed by atoms with van der Waals surface area (Å²) in [6.07, 6.45) is 2.25. The Balaban J connectivity index is 1.85. The summed E-state index contributed by atoms with van der Waals surface area (Å²) in [5.74, 6) is 0.967. The smallest absolute Gasteiger partial charge is 0.235 e. The first-order valence-electron chi connectivity index (χ1n) is 7.34. The van der Waals surface area contributed by atoms with Gasteiger partial charge in [-0.2, -0.15) is 0 Å². The zero-order chi connectivity index (χ0) is 14.8. The van der Waals surface area contributed by atoms with Crippen molar-refractivity contribution in [1.29, 1.82) is 0 Å². The van der Waals surface area contributed by atoms with Gasteiger partial charge >= 0.3 is 0 Å². The van der Waals surface area contributed by atoms with Gasteiger partial charge in [0.15, 0.2) is 0 Å². The lowest BCUT2D eigenvalue weighted by molar-refractivity contribution is -0.129. The fourth-order valence-corrected chi connectivity index (χ4v) is 3.73. The normalized spacial score (nSPS) is 16.4. The number of amides is 1. The maximum atomic E-state index is 12.4. The Morgan fingerprint density at radius 2 is 1.95 bits per heavy atom. The van der Waals surface area contributed by atoms with Crippen molar-refractivity contribution in [2.24, 2.45) is 0 Å². The standard InChI is InChI=1S/C16H19N3OS/c1-11(16(20)19-9-5-6-10-19)21-15-13-7-3-4-8-14(13)17-12(2)18-15/h3-4,7-8,11H,5-6,9-10H2,1-2H3/t11-/m1/s1. The van der Waals surface area contributed by atoms with E-state index < -0.39 is 0 Å². The molecule has 1 aromatic heterocycles. The number of benzene rings is 1. The quantitative estimate of drug-likeness (QED) is 0.646. The minimum atomic E-state index is -0.110. The summed E-state index contributed by atoms with van der Waals surface area (Å²) in [5.41, 5.74) is 0.938. The lowest BCUT2D eigenvalue weighted by Crippen LogP contribution is -2.34. The van der Waals surface area contributed by atoms with Crippen LogP contribution in [-0.2, 0) is 4.79 Å². The number of hydrogen-bond donors (Lipinski definition) is 0. The first-order valence-corrected chi connectivity index (χ1v) is 8.22. The fourth-order valence-electron chi connectivity index (χ4n) is 2.66. The molecule has 0 saturated carbocycles. The van der Waals surface area contributed by atoms with Gasteiger partial charge in [-0.3, -0.25) is 4.79 Å². The summed E-state index contributed by atoms with van der Waals surface area (Å²) in [6, 6.07) is 7.96. The Labute approximate surface area is 129 Å². The molecule has 1 fully saturated rings. The van der Waals surface area contributed by atoms with Gasteiger partial charge in [-0.1, -0.05) is 30.0 Å². The van der Waals surface area contributed by atoms with Gasteiger partial charge in [0.2, 0.25) is 5.91 Å². The number of likely N-dealkylation sites (tertiary alicyclic amines) is 1. The van der Waals surface area contributed by atoms with Crippen LogP contribution in [0.25, 0.3) is 10.9 Å². The molecule has 3 rings (SSSR count). The predicted molar refractivity (Wildman–Crippen MR) is 85.4 cm³/mol. The van der Waals surface area contributed by atoms with Crippen LogP contribution in [0.1, 0.15) is 25.6 Å². The average molecular weight is 301 g/mol. The van der Waals surface area contributed by atoms with Crippen LogP contribution in [0, 0.1) is 6.92 Å². The lowest BCUT2D eigenvalue weighted by Gasteiger charge is -2.20. The van der Waals surface area contributed by atoms with E-state index >= 15 is 0 Å². The van der Waals surface area contributed by atoms with Crippen LogP contribution in [0.2, 0.25) is 0 Å². The summed E-state index contributed by atoms with van der Waals surface area (Å²) in [6.45, 7) is 5.65. The number of aromatic nitrogens is 2. The number of aryl methyl sites for hydroxylation is 1. The van der Waals surface area contributed by atoms with Crippen LogP contribution in [0.4, 0.5) is 0 Å². The molecule has 21 heavy (non-hydrogen) atoms. The van der Waals surface area contributed by atoms with Crippen LogP contribution >= 0.6 is 11.8 Å². The SMILES string of the molecule is Cc1nc(S[C@H](C)C(=O)N2CCCC2)c2ccccc2n1. The summed E-state index contributed by atoms with van der Waals surface area (Å²) in [7, 11) is 0. The Hall–Kier alpha value is -1.62. The second-order valence-corrected chi connectivity index (χ2v) is 6.72. The third-order valence-corrected chi connectivity index (χ3v) is 4.82. The van der Waals surface area contributed by atoms with Gasteiger partial charge in [0.25, 0.3) is 0 Å². The molecule has 5 heteroatoms. The van der Waals surface area contributed by atoms with E-state index in [0.717, 1.165) is 47.7 Å². The molecule has 0 radical (unpaired) electrons. The van der Waals surface area contributed by atoms with E-state index in [4.69, 9.17) is 0 Å². The molecule has 0 N–H and O–H groups in total. The van der Waals surface area contributed by atoms with E-state index in [1.165, 1.54) is 11.8 Å². The summed E-state index contributed by atoms with van der Waals surface area (Å²) >= 11 is 1.54. The summed E-state index contributed by atoms with van der Waals surface area (Å²) in [5, 5.41) is 1.81. The van der Waals surface area contributed by atoms with Crippen molar-refractivity contribution in [2.75, 3.05) is 13.1 Å². The number of para-hydroxylation sites is 1. The number of thioether (sulfide) groups is 1. The number of hydrogen-bond acceptors (Lipinski definition) is 4. The summed E-state index contributed by atoms with van der Waals surface area (Å²) in [4.78, 5) is 23.4. The number of carbonyl (C=O) groups excluding carboxylic acids is 1. The van der Waals surface area contributed by atoms with Crippen molar-refractivity contribution in [1.82, 2.24) is 14.9 Å². The predicted octanol–water partition coefficient (Wildman–Crippen LogP) is 3.04. The zero-order valence-corrected chi connectivity index (χ0v) is 13.2. The van der Waals surface area contributed by atoms with Crippen LogP contribution < -0.4 is 0 Å². The van der Waals surface area contributed by atoms with Gasteiger partial charge in [0.05, 0.1) is 10.8 Å². The van der Waals surface area contributed by atoms with E-state index in [9.17, 15) is 4.79 Å². The second-order valence-electron chi connectivity index (χ2n) is 5.39. The van der Waals surface area contributed by atoms with Gasteiger partial charge in [-0.15, -0.1) is 0 Å². The van der Waals surface area contributed by atoms with Crippen LogP contribution in [-0.4, -0.2) is 39.1 Å². The minimum Gasteiger partial charge on any atom is -0.342 e. The first-order chi connectivity index (χ1) is 10.1. The van der Waals surface area contributed by atoms with Gasteiger partial charge in [0, 0.05) is 18.5 Å². The van der Waals surface area contributed by atoms with Crippen LogP contribution in [0.3, 0.4) is 0 Å². The molecule has 0 unspecified atom stereocenters. The number of nitrogens with zero attached hydrogens (tertiary/aromatic N) is 3. The third-order valence-electron chi connectivity index (χ3n) is 3.73. The number of rotatable bonds is 3. The number of fused-ring (bicyclic) bond motifs is 1. The second kappa shape index (κ2) is 6.02. The lowest BCUT2D eigenvalue weighted by atomic mass is 10.2. The van der Waals surface area contributed by atoms with E-state index in [0.29, 0.717) is 0 Å². The van der Waals surface area contributed by atoms with Crippen molar-refractivity contribution < 1.29 is 4.79 Å². The number of carbonyl (C=O) groups is 1. The first kappa shape index (κ1) is 14.3. The summed E-state index contributed by atoms with van der Waals surface area (Å²) < 4.78 is 0. The van der Waals surface area contributed by atoms with Crippen molar-refractivity contribution in [3.8, 4) is 0 Å². The van der Waals surface area contributed by atoms with Gasteiger partial charge in [-0.05, 0) is 32.8 Å². The van der Waals surface area contributed by atoms with Crippen molar-refractivity contribution in [3.05, 3.63) is 30.1 Å². The highest BCUT2D eigenvalue weighted by Gasteiger charge is 2.24. The highest BCUT2D eigenvalue weighted by atomic mass is 32.2. The Kier molecular flexibility index (Phi) is 4.10. The molecule has 1 amide bonds. The monoisotopic (exact) mass is 301 g/mol. The molecule has 4 nitrogen and oxygen atoms in total. The zero-order valence-electron chi connectivity index (χ0n) is 12.4. The maximum absolute atomic E-state index is 12.4. The van der Waals surface area contributed by atoms with Crippen molar-refractivity contribution >= 4 is 28.6 Å². The van der Waals surface area contributed by atoms with Gasteiger partial charge in [0.1, 0.15) is 10.9 Å².